The first-order valence-electron chi connectivity index (χ1n) is 12.5. The summed E-state index contributed by atoms with van der Waals surface area (Å²) in [5.41, 5.74) is 2.97. The molecule has 0 spiro atoms. The maximum atomic E-state index is 13.9. The number of benzene rings is 2. The molecule has 0 aliphatic carbocycles. The van der Waals surface area contributed by atoms with E-state index in [0.717, 1.165) is 47.7 Å². The Balaban J connectivity index is 1.74. The van der Waals surface area contributed by atoms with Gasteiger partial charge >= 0.3 is 5.69 Å². The topological polar surface area (TPSA) is 69.2 Å². The van der Waals surface area contributed by atoms with E-state index in [1.165, 1.54) is 9.13 Å². The van der Waals surface area contributed by atoms with Crippen molar-refractivity contribution >= 4 is 27.8 Å². The number of likely N-dealkylation sites (tertiary alicyclic amines) is 1. The van der Waals surface area contributed by atoms with Crippen molar-refractivity contribution in [3.05, 3.63) is 80.5 Å². The molecular weight excluding hydrogens is 440 g/mol. The molecule has 3 heterocycles. The smallest absolute Gasteiger partial charge is 0.332 e. The maximum absolute atomic E-state index is 13.9. The molecule has 4 aromatic rings. The Kier molecular flexibility index (Phi) is 6.09. The second-order valence-electron chi connectivity index (χ2n) is 9.67. The van der Waals surface area contributed by atoms with Crippen LogP contribution in [0.25, 0.3) is 21.9 Å². The first-order chi connectivity index (χ1) is 16.9. The molecule has 0 N–H and O–H groups in total. The van der Waals surface area contributed by atoms with Crippen LogP contribution in [0.15, 0.2) is 58.1 Å². The third-order valence-electron chi connectivity index (χ3n) is 7.40. The predicted octanol–water partition coefficient (Wildman–Crippen LogP) is 3.80. The summed E-state index contributed by atoms with van der Waals surface area (Å²) in [7, 11) is 1.85. The quantitative estimate of drug-likeness (QED) is 0.444. The van der Waals surface area contributed by atoms with Crippen LogP contribution in [0, 0.1) is 6.92 Å². The first-order valence-corrected chi connectivity index (χ1v) is 12.5. The number of hydrogen-bond acceptors (Lipinski definition) is 3. The second kappa shape index (κ2) is 9.21. The first kappa shape index (κ1) is 23.1. The fourth-order valence-electron chi connectivity index (χ4n) is 5.54. The van der Waals surface area contributed by atoms with Gasteiger partial charge in [-0.25, -0.2) is 4.79 Å². The molecule has 2 aromatic carbocycles. The normalized spacial score (nSPS) is 16.3. The van der Waals surface area contributed by atoms with Gasteiger partial charge in [0.1, 0.15) is 12.1 Å². The van der Waals surface area contributed by atoms with Gasteiger partial charge in [-0.15, -0.1) is 0 Å². The molecule has 7 nitrogen and oxygen atoms in total. The van der Waals surface area contributed by atoms with E-state index in [2.05, 4.69) is 6.92 Å². The van der Waals surface area contributed by atoms with Crippen molar-refractivity contribution in [1.29, 1.82) is 0 Å². The number of hydrogen-bond donors (Lipinski definition) is 0. The maximum Gasteiger partial charge on any atom is 0.332 e. The molecule has 7 heteroatoms. The largest absolute Gasteiger partial charge is 0.338 e. The average molecular weight is 473 g/mol. The highest BCUT2D eigenvalue weighted by Gasteiger charge is 2.28. The molecule has 1 amide bonds. The summed E-state index contributed by atoms with van der Waals surface area (Å²) in [6, 6.07) is 15.6. The molecule has 0 radical (unpaired) electrons. The van der Waals surface area contributed by atoms with E-state index in [9.17, 15) is 14.4 Å². The highest BCUT2D eigenvalue weighted by molar-refractivity contribution is 6.06. The Morgan fingerprint density at radius 1 is 1.00 bits per heavy atom. The van der Waals surface area contributed by atoms with Gasteiger partial charge in [0, 0.05) is 25.0 Å². The highest BCUT2D eigenvalue weighted by atomic mass is 16.2. The number of fused-ring (bicyclic) bond motifs is 3. The summed E-state index contributed by atoms with van der Waals surface area (Å²) in [6.45, 7) is 4.89. The molecule has 1 atom stereocenters. The van der Waals surface area contributed by atoms with E-state index in [4.69, 9.17) is 0 Å². The molecule has 0 saturated carbocycles. The monoisotopic (exact) mass is 472 g/mol. The van der Waals surface area contributed by atoms with E-state index in [0.29, 0.717) is 17.6 Å². The molecule has 1 aliphatic rings. The summed E-state index contributed by atoms with van der Waals surface area (Å²) >= 11 is 0. The molecule has 35 heavy (non-hydrogen) atoms. The number of aryl methyl sites for hydroxylation is 2. The highest BCUT2D eigenvalue weighted by Crippen LogP contribution is 2.27. The third-order valence-corrected chi connectivity index (χ3v) is 7.40. The van der Waals surface area contributed by atoms with Crippen LogP contribution in [0.2, 0.25) is 0 Å². The molecular formula is C28H32N4O3. The lowest BCUT2D eigenvalue weighted by atomic mass is 10.00. The zero-order chi connectivity index (χ0) is 24.7. The van der Waals surface area contributed by atoms with Crippen molar-refractivity contribution < 1.29 is 4.79 Å². The predicted molar refractivity (Wildman–Crippen MR) is 139 cm³/mol. The minimum absolute atomic E-state index is 0.0606. The van der Waals surface area contributed by atoms with Gasteiger partial charge in [-0.05, 0) is 50.3 Å². The zero-order valence-electron chi connectivity index (χ0n) is 20.7. The van der Waals surface area contributed by atoms with E-state index < -0.39 is 5.69 Å². The third kappa shape index (κ3) is 3.99. The molecule has 1 saturated heterocycles. The van der Waals surface area contributed by atoms with Crippen LogP contribution in [0.1, 0.15) is 43.7 Å². The molecule has 1 fully saturated rings. The van der Waals surface area contributed by atoms with Crippen molar-refractivity contribution in [2.24, 2.45) is 7.05 Å². The number of carbonyl (C=O) groups excluding carboxylic acids is 1. The van der Waals surface area contributed by atoms with Crippen LogP contribution in [-0.4, -0.2) is 37.1 Å². The van der Waals surface area contributed by atoms with Crippen molar-refractivity contribution in [3.8, 4) is 0 Å². The standard InChI is InChI=1S/C28H32N4O3/c1-4-21-12-8-9-15-30(21)24(33)18-31-25-22-16-19(2)13-14-23(22)29(3)26(25)27(34)32(28(31)35)17-20-10-6-5-7-11-20/h5-7,10-11,13-14,16,21H,4,8-9,12,15,17-18H2,1-3H3. The molecule has 182 valence electrons. The van der Waals surface area contributed by atoms with Gasteiger partial charge in [-0.1, -0.05) is 48.9 Å². The van der Waals surface area contributed by atoms with Crippen LogP contribution in [0.5, 0.6) is 0 Å². The summed E-state index contributed by atoms with van der Waals surface area (Å²) in [4.78, 5) is 43.1. The minimum atomic E-state index is -0.446. The summed E-state index contributed by atoms with van der Waals surface area (Å²) < 4.78 is 4.65. The van der Waals surface area contributed by atoms with E-state index in [1.54, 1.807) is 0 Å². The van der Waals surface area contributed by atoms with E-state index >= 15 is 0 Å². The zero-order valence-corrected chi connectivity index (χ0v) is 20.7. The molecule has 2 aromatic heterocycles. The van der Waals surface area contributed by atoms with Crippen molar-refractivity contribution in [2.75, 3.05) is 6.54 Å². The lowest BCUT2D eigenvalue weighted by Crippen LogP contribution is -2.47. The number of amides is 1. The van der Waals surface area contributed by atoms with Gasteiger partial charge in [0.05, 0.1) is 17.6 Å². The number of nitrogens with zero attached hydrogens (tertiary/aromatic N) is 4. The van der Waals surface area contributed by atoms with Gasteiger partial charge in [-0.3, -0.25) is 18.7 Å². The van der Waals surface area contributed by atoms with Crippen molar-refractivity contribution in [3.63, 3.8) is 0 Å². The number of aromatic nitrogens is 3. The van der Waals surface area contributed by atoms with Gasteiger partial charge in [0.25, 0.3) is 5.56 Å². The summed E-state index contributed by atoms with van der Waals surface area (Å²) in [5.74, 6) is -0.0606. The Labute approximate surface area is 204 Å². The van der Waals surface area contributed by atoms with Gasteiger partial charge in [0.2, 0.25) is 5.91 Å². The summed E-state index contributed by atoms with van der Waals surface area (Å²) in [6.07, 6.45) is 4.00. The number of piperidine rings is 1. The number of rotatable bonds is 5. The lowest BCUT2D eigenvalue weighted by Gasteiger charge is -2.35. The second-order valence-corrected chi connectivity index (χ2v) is 9.67. The van der Waals surface area contributed by atoms with Crippen LogP contribution in [0.3, 0.4) is 0 Å². The van der Waals surface area contributed by atoms with Crippen LogP contribution in [0.4, 0.5) is 0 Å². The SMILES string of the molecule is CCC1CCCCN1C(=O)Cn1c(=O)n(Cc2ccccc2)c(=O)c2c1c1cc(C)ccc1n2C. The van der Waals surface area contributed by atoms with E-state index in [-0.39, 0.29) is 30.6 Å². The van der Waals surface area contributed by atoms with Gasteiger partial charge < -0.3 is 9.47 Å². The van der Waals surface area contributed by atoms with Gasteiger partial charge in [-0.2, -0.15) is 0 Å². The summed E-state index contributed by atoms with van der Waals surface area (Å²) in [5, 5.41) is 0.821. The Morgan fingerprint density at radius 3 is 2.51 bits per heavy atom. The van der Waals surface area contributed by atoms with Crippen molar-refractivity contribution in [1.82, 2.24) is 18.6 Å². The van der Waals surface area contributed by atoms with Crippen LogP contribution >= 0.6 is 0 Å². The van der Waals surface area contributed by atoms with Gasteiger partial charge in [0.15, 0.2) is 0 Å². The molecule has 1 aliphatic heterocycles. The molecule has 1 unspecified atom stereocenters. The Morgan fingerprint density at radius 2 is 1.77 bits per heavy atom. The van der Waals surface area contributed by atoms with Crippen LogP contribution < -0.4 is 11.2 Å². The lowest BCUT2D eigenvalue weighted by molar-refractivity contribution is -0.135. The number of carbonyl (C=O) groups is 1. The van der Waals surface area contributed by atoms with E-state index in [1.807, 2.05) is 72.0 Å². The Bertz CT molecular complexity index is 1530. The minimum Gasteiger partial charge on any atom is -0.338 e. The fraction of sp³-hybridized carbons (Fsp3) is 0.393. The van der Waals surface area contributed by atoms with Crippen molar-refractivity contribution in [2.45, 2.75) is 58.7 Å². The average Bonchev–Trinajstić information content (AvgIpc) is 3.16. The molecule has 5 rings (SSSR count). The fourth-order valence-corrected chi connectivity index (χ4v) is 5.54. The van der Waals surface area contributed by atoms with Crippen LogP contribution in [-0.2, 0) is 24.9 Å². The molecule has 0 bridgehead atoms. The Hall–Kier alpha value is -3.61.